The molecule has 3 aromatic rings. The summed E-state index contributed by atoms with van der Waals surface area (Å²) in [5.41, 5.74) is 2.91. The van der Waals surface area contributed by atoms with E-state index in [9.17, 15) is 9.59 Å². The van der Waals surface area contributed by atoms with Gasteiger partial charge in [0.1, 0.15) is 30.7 Å². The van der Waals surface area contributed by atoms with Crippen LogP contribution in [0.2, 0.25) is 0 Å². The predicted octanol–water partition coefficient (Wildman–Crippen LogP) is 5.98. The van der Waals surface area contributed by atoms with E-state index < -0.39 is 36.2 Å². The lowest BCUT2D eigenvalue weighted by atomic mass is 9.92. The highest BCUT2D eigenvalue weighted by atomic mass is 32.2. The van der Waals surface area contributed by atoms with Crippen LogP contribution in [0.15, 0.2) is 102 Å². The zero-order valence-electron chi connectivity index (χ0n) is 25.2. The fourth-order valence-electron chi connectivity index (χ4n) is 5.41. The van der Waals surface area contributed by atoms with E-state index in [1.807, 2.05) is 91.0 Å². The second-order valence-electron chi connectivity index (χ2n) is 10.8. The van der Waals surface area contributed by atoms with E-state index in [0.29, 0.717) is 10.7 Å². The third-order valence-corrected chi connectivity index (χ3v) is 8.86. The van der Waals surface area contributed by atoms with Gasteiger partial charge in [0.25, 0.3) is 0 Å². The van der Waals surface area contributed by atoms with E-state index in [2.05, 4.69) is 0 Å². The summed E-state index contributed by atoms with van der Waals surface area (Å²) in [7, 11) is 0. The molecule has 44 heavy (non-hydrogen) atoms. The third kappa shape index (κ3) is 7.97. The maximum Gasteiger partial charge on any atom is 0.302 e. The second kappa shape index (κ2) is 15.0. The van der Waals surface area contributed by atoms with Crippen LogP contribution in [-0.2, 0) is 57.8 Å². The molecule has 0 amide bonds. The van der Waals surface area contributed by atoms with Gasteiger partial charge in [0.05, 0.1) is 30.5 Å². The molecule has 0 aliphatic carbocycles. The van der Waals surface area contributed by atoms with Gasteiger partial charge in [-0.2, -0.15) is 0 Å². The molecule has 1 fully saturated rings. The normalized spacial score (nSPS) is 25.0. The molecule has 2 aliphatic heterocycles. The Balaban J connectivity index is 1.54. The Kier molecular flexibility index (Phi) is 10.9. The quantitative estimate of drug-likeness (QED) is 0.227. The van der Waals surface area contributed by atoms with Crippen molar-refractivity contribution in [3.63, 3.8) is 0 Å². The minimum Gasteiger partial charge on any atom is -0.463 e. The van der Waals surface area contributed by atoms with Gasteiger partial charge in [-0.05, 0) is 30.5 Å². The van der Waals surface area contributed by atoms with Crippen molar-refractivity contribution in [2.75, 3.05) is 12.4 Å². The summed E-state index contributed by atoms with van der Waals surface area (Å²) in [6, 6.07) is 29.5. The Bertz CT molecular complexity index is 1410. The van der Waals surface area contributed by atoms with Gasteiger partial charge in [0, 0.05) is 6.92 Å². The van der Waals surface area contributed by atoms with Crippen LogP contribution < -0.4 is 0 Å². The smallest absolute Gasteiger partial charge is 0.302 e. The van der Waals surface area contributed by atoms with Crippen molar-refractivity contribution >= 4 is 23.5 Å². The van der Waals surface area contributed by atoms with Crippen LogP contribution in [0.5, 0.6) is 0 Å². The Hall–Kier alpha value is -3.47. The summed E-state index contributed by atoms with van der Waals surface area (Å²) < 4.78 is 38.7. The molecule has 8 nitrogen and oxygen atoms in total. The largest absolute Gasteiger partial charge is 0.463 e. The number of esters is 1. The number of thioether (sulfide) groups is 1. The van der Waals surface area contributed by atoms with Crippen LogP contribution in [0.3, 0.4) is 0 Å². The zero-order chi connectivity index (χ0) is 30.9. The van der Waals surface area contributed by atoms with Crippen LogP contribution in [0.4, 0.5) is 0 Å². The van der Waals surface area contributed by atoms with Gasteiger partial charge in [-0.3, -0.25) is 9.59 Å². The number of benzene rings is 3. The van der Waals surface area contributed by atoms with Crippen LogP contribution in [-0.4, -0.2) is 54.3 Å². The Morgan fingerprint density at radius 2 is 1.27 bits per heavy atom. The fourth-order valence-corrected chi connectivity index (χ4v) is 6.49. The summed E-state index contributed by atoms with van der Waals surface area (Å²) in [4.78, 5) is 24.9. The topological polar surface area (TPSA) is 89.5 Å². The van der Waals surface area contributed by atoms with Gasteiger partial charge in [0.2, 0.25) is 5.79 Å². The number of ether oxygens (including phenoxy) is 6. The highest BCUT2D eigenvalue weighted by Crippen LogP contribution is 2.45. The summed E-state index contributed by atoms with van der Waals surface area (Å²) >= 11 is 1.36. The standard InChI is InChI=1S/C35H38O8S/c1-24(36)33-25(2)42-35(23-44-33)34(41-21-29-17-11-6-12-18-29)32(40-20-28-15-9-5-10-16-28)31(30(43-35)22-38-26(3)37)39-19-27-13-7-4-8-14-27/h4-18,30-32,34H,19-23H2,1-3H3/t30-,31+,32+,34-,35-/m1/s1. The van der Waals surface area contributed by atoms with Crippen molar-refractivity contribution < 1.29 is 38.0 Å². The van der Waals surface area contributed by atoms with E-state index in [-0.39, 0.29) is 38.0 Å². The molecule has 0 aromatic heterocycles. The summed E-state index contributed by atoms with van der Waals surface area (Å²) in [6.45, 7) is 5.35. The molecule has 0 bridgehead atoms. The highest BCUT2D eigenvalue weighted by Gasteiger charge is 2.60. The molecule has 1 saturated heterocycles. The Labute approximate surface area is 262 Å². The lowest BCUT2D eigenvalue weighted by Crippen LogP contribution is -2.69. The molecule has 0 saturated carbocycles. The monoisotopic (exact) mass is 618 g/mol. The van der Waals surface area contributed by atoms with Crippen molar-refractivity contribution in [3.05, 3.63) is 118 Å². The average molecular weight is 619 g/mol. The number of hydrogen-bond donors (Lipinski definition) is 0. The molecule has 0 radical (unpaired) electrons. The van der Waals surface area contributed by atoms with Crippen molar-refractivity contribution in [3.8, 4) is 0 Å². The molecule has 232 valence electrons. The molecule has 0 unspecified atom stereocenters. The van der Waals surface area contributed by atoms with Crippen molar-refractivity contribution in [2.45, 2.75) is 70.8 Å². The van der Waals surface area contributed by atoms with Gasteiger partial charge in [-0.25, -0.2) is 0 Å². The number of carbonyl (C=O) groups is 2. The summed E-state index contributed by atoms with van der Waals surface area (Å²) in [5, 5.41) is 0. The van der Waals surface area contributed by atoms with Crippen LogP contribution >= 0.6 is 11.8 Å². The highest BCUT2D eigenvalue weighted by molar-refractivity contribution is 8.04. The molecule has 2 aliphatic rings. The lowest BCUT2D eigenvalue weighted by Gasteiger charge is -2.53. The Morgan fingerprint density at radius 1 is 0.773 bits per heavy atom. The van der Waals surface area contributed by atoms with E-state index in [1.165, 1.54) is 25.6 Å². The zero-order valence-corrected chi connectivity index (χ0v) is 26.0. The first-order valence-electron chi connectivity index (χ1n) is 14.7. The minimum absolute atomic E-state index is 0.0799. The molecule has 5 atom stereocenters. The van der Waals surface area contributed by atoms with E-state index in [1.54, 1.807) is 6.92 Å². The molecule has 1 spiro atoms. The summed E-state index contributed by atoms with van der Waals surface area (Å²) in [5.74, 6) is -1.19. The molecule has 3 aromatic carbocycles. The first-order chi connectivity index (χ1) is 21.3. The van der Waals surface area contributed by atoms with E-state index in [4.69, 9.17) is 28.4 Å². The Morgan fingerprint density at radius 3 is 1.75 bits per heavy atom. The van der Waals surface area contributed by atoms with Crippen molar-refractivity contribution in [2.24, 2.45) is 0 Å². The molecular formula is C35H38O8S. The maximum atomic E-state index is 12.4. The molecule has 0 N–H and O–H groups in total. The number of rotatable bonds is 12. The molecule has 9 heteroatoms. The molecule has 5 rings (SSSR count). The van der Waals surface area contributed by atoms with E-state index >= 15 is 0 Å². The third-order valence-electron chi connectivity index (χ3n) is 7.45. The van der Waals surface area contributed by atoms with Crippen molar-refractivity contribution in [1.29, 1.82) is 0 Å². The average Bonchev–Trinajstić information content (AvgIpc) is 3.03. The SMILES string of the molecule is CC(=O)OC[C@H]1O[C@]2(CSC(C(C)=O)=C(C)O2)[C@H](OCc2ccccc2)[C@@H](OCc2ccccc2)[C@H]1OCc1ccccc1. The molecule has 2 heterocycles. The number of allylic oxidation sites excluding steroid dienone is 2. The van der Waals surface area contributed by atoms with Crippen LogP contribution in [0, 0.1) is 0 Å². The number of Topliss-reactive ketones (excluding diaryl/α,β-unsaturated/α-hetero) is 1. The van der Waals surface area contributed by atoms with E-state index in [0.717, 1.165) is 16.7 Å². The van der Waals surface area contributed by atoms with Crippen LogP contribution in [0.25, 0.3) is 0 Å². The number of ketones is 1. The van der Waals surface area contributed by atoms with Crippen molar-refractivity contribution in [1.82, 2.24) is 0 Å². The van der Waals surface area contributed by atoms with Gasteiger partial charge in [0.15, 0.2) is 11.9 Å². The first-order valence-corrected chi connectivity index (χ1v) is 15.6. The summed E-state index contributed by atoms with van der Waals surface area (Å²) in [6.07, 6.45) is -2.94. The van der Waals surface area contributed by atoms with Gasteiger partial charge in [-0.1, -0.05) is 91.0 Å². The fraction of sp³-hybridized carbons (Fsp3) is 0.371. The predicted molar refractivity (Wildman–Crippen MR) is 166 cm³/mol. The van der Waals surface area contributed by atoms with Gasteiger partial charge < -0.3 is 28.4 Å². The first kappa shape index (κ1) is 31.9. The van der Waals surface area contributed by atoms with Gasteiger partial charge in [-0.15, -0.1) is 11.8 Å². The maximum absolute atomic E-state index is 12.4. The number of carbonyl (C=O) groups excluding carboxylic acids is 2. The molecular weight excluding hydrogens is 580 g/mol. The van der Waals surface area contributed by atoms with Crippen LogP contribution in [0.1, 0.15) is 37.5 Å². The lowest BCUT2D eigenvalue weighted by molar-refractivity contribution is -0.364. The number of hydrogen-bond acceptors (Lipinski definition) is 9. The minimum atomic E-state index is -1.36. The van der Waals surface area contributed by atoms with Gasteiger partial charge >= 0.3 is 5.97 Å². The second-order valence-corrected chi connectivity index (χ2v) is 11.8.